The summed E-state index contributed by atoms with van der Waals surface area (Å²) in [7, 11) is 0. The Labute approximate surface area is 105 Å². The maximum absolute atomic E-state index is 5.58. The third kappa shape index (κ3) is 4.73. The van der Waals surface area contributed by atoms with Crippen molar-refractivity contribution in [1.29, 1.82) is 0 Å². The van der Waals surface area contributed by atoms with Crippen molar-refractivity contribution in [2.45, 2.75) is 46.1 Å². The Kier molecular flexibility index (Phi) is 6.63. The van der Waals surface area contributed by atoms with Gasteiger partial charge in [-0.2, -0.15) is 0 Å². The van der Waals surface area contributed by atoms with E-state index in [9.17, 15) is 0 Å². The van der Waals surface area contributed by atoms with E-state index in [0.717, 1.165) is 24.5 Å². The molecule has 0 fully saturated rings. The molecule has 0 radical (unpaired) electrons. The molecule has 1 aromatic heterocycles. The van der Waals surface area contributed by atoms with E-state index in [-0.39, 0.29) is 0 Å². The maximum atomic E-state index is 5.58. The number of nitrogens with zero attached hydrogens (tertiary/aromatic N) is 2. The summed E-state index contributed by atoms with van der Waals surface area (Å²) in [4.78, 5) is 6.88. The van der Waals surface area contributed by atoms with Crippen LogP contribution in [0.4, 0.5) is 5.82 Å². The van der Waals surface area contributed by atoms with Gasteiger partial charge in [-0.25, -0.2) is 4.98 Å². The van der Waals surface area contributed by atoms with E-state index in [4.69, 9.17) is 5.73 Å². The van der Waals surface area contributed by atoms with Gasteiger partial charge in [0.1, 0.15) is 5.82 Å². The van der Waals surface area contributed by atoms with E-state index in [2.05, 4.69) is 35.9 Å². The van der Waals surface area contributed by atoms with Gasteiger partial charge in [0.25, 0.3) is 0 Å². The van der Waals surface area contributed by atoms with Crippen LogP contribution in [0.5, 0.6) is 0 Å². The minimum Gasteiger partial charge on any atom is -0.357 e. The zero-order valence-corrected chi connectivity index (χ0v) is 11.2. The molecule has 3 nitrogen and oxygen atoms in total. The number of aromatic nitrogens is 1. The SMILES string of the molecule is CCCCN(CCCC)c1ccc(CN)cn1. The Morgan fingerprint density at radius 3 is 2.18 bits per heavy atom. The Morgan fingerprint density at radius 2 is 1.76 bits per heavy atom. The smallest absolute Gasteiger partial charge is 0.128 e. The summed E-state index contributed by atoms with van der Waals surface area (Å²) in [6.45, 7) is 7.22. The van der Waals surface area contributed by atoms with E-state index in [1.54, 1.807) is 0 Å². The Balaban J connectivity index is 2.65. The van der Waals surface area contributed by atoms with Crippen LogP contribution in [0.15, 0.2) is 18.3 Å². The Morgan fingerprint density at radius 1 is 1.12 bits per heavy atom. The van der Waals surface area contributed by atoms with Crippen molar-refractivity contribution >= 4 is 5.82 Å². The van der Waals surface area contributed by atoms with Crippen molar-refractivity contribution in [3.8, 4) is 0 Å². The third-order valence-corrected chi connectivity index (χ3v) is 2.93. The lowest BCUT2D eigenvalue weighted by molar-refractivity contribution is 0.671. The number of hydrogen-bond acceptors (Lipinski definition) is 3. The minimum atomic E-state index is 0.567. The van der Waals surface area contributed by atoms with Gasteiger partial charge in [0.15, 0.2) is 0 Å². The van der Waals surface area contributed by atoms with Crippen LogP contribution in [-0.2, 0) is 6.54 Å². The molecule has 0 atom stereocenters. The molecule has 0 aliphatic carbocycles. The number of pyridine rings is 1. The highest BCUT2D eigenvalue weighted by Gasteiger charge is 2.06. The molecule has 0 aliphatic rings. The van der Waals surface area contributed by atoms with E-state index in [1.807, 2.05) is 6.20 Å². The highest BCUT2D eigenvalue weighted by molar-refractivity contribution is 5.39. The van der Waals surface area contributed by atoms with Gasteiger partial charge < -0.3 is 10.6 Å². The Bertz CT molecular complexity index is 287. The predicted octanol–water partition coefficient (Wildman–Crippen LogP) is 2.95. The van der Waals surface area contributed by atoms with Crippen molar-refractivity contribution in [3.05, 3.63) is 23.9 Å². The number of anilines is 1. The number of nitrogens with two attached hydrogens (primary N) is 1. The largest absolute Gasteiger partial charge is 0.357 e. The molecule has 0 unspecified atom stereocenters. The average molecular weight is 235 g/mol. The van der Waals surface area contributed by atoms with Crippen LogP contribution in [0, 0.1) is 0 Å². The van der Waals surface area contributed by atoms with Gasteiger partial charge in [-0.1, -0.05) is 32.8 Å². The van der Waals surface area contributed by atoms with Gasteiger partial charge in [0, 0.05) is 25.8 Å². The lowest BCUT2D eigenvalue weighted by atomic mass is 10.2. The molecule has 1 aromatic rings. The summed E-state index contributed by atoms with van der Waals surface area (Å²) in [5.74, 6) is 1.09. The van der Waals surface area contributed by atoms with Crippen molar-refractivity contribution in [2.24, 2.45) is 5.73 Å². The molecule has 0 saturated carbocycles. The van der Waals surface area contributed by atoms with Crippen molar-refractivity contribution in [2.75, 3.05) is 18.0 Å². The number of rotatable bonds is 8. The molecule has 0 aliphatic heterocycles. The van der Waals surface area contributed by atoms with Crippen LogP contribution in [0.25, 0.3) is 0 Å². The standard InChI is InChI=1S/C14H25N3/c1-3-5-9-17(10-6-4-2)14-8-7-13(11-15)12-16-14/h7-8,12H,3-6,9-11,15H2,1-2H3. The first kappa shape index (κ1) is 14.0. The lowest BCUT2D eigenvalue weighted by Gasteiger charge is -2.23. The normalized spacial score (nSPS) is 10.5. The van der Waals surface area contributed by atoms with Gasteiger partial charge in [0.05, 0.1) is 0 Å². The summed E-state index contributed by atoms with van der Waals surface area (Å²) in [6.07, 6.45) is 6.79. The monoisotopic (exact) mass is 235 g/mol. The van der Waals surface area contributed by atoms with Crippen LogP contribution in [0.3, 0.4) is 0 Å². The maximum Gasteiger partial charge on any atom is 0.128 e. The molecule has 17 heavy (non-hydrogen) atoms. The molecule has 0 spiro atoms. The Hall–Kier alpha value is -1.09. The van der Waals surface area contributed by atoms with Gasteiger partial charge in [0.2, 0.25) is 0 Å². The van der Waals surface area contributed by atoms with E-state index in [1.165, 1.54) is 25.7 Å². The second kappa shape index (κ2) is 8.07. The number of unbranched alkanes of at least 4 members (excludes halogenated alkanes) is 2. The molecule has 0 bridgehead atoms. The molecule has 0 amide bonds. The van der Waals surface area contributed by atoms with Crippen molar-refractivity contribution < 1.29 is 0 Å². The van der Waals surface area contributed by atoms with E-state index >= 15 is 0 Å². The quantitative estimate of drug-likeness (QED) is 0.753. The molecule has 96 valence electrons. The topological polar surface area (TPSA) is 42.1 Å². The molecular weight excluding hydrogens is 210 g/mol. The van der Waals surface area contributed by atoms with Crippen LogP contribution in [0.1, 0.15) is 45.1 Å². The molecule has 3 heteroatoms. The zero-order valence-electron chi connectivity index (χ0n) is 11.2. The molecule has 0 aromatic carbocycles. The van der Waals surface area contributed by atoms with E-state index < -0.39 is 0 Å². The summed E-state index contributed by atoms with van der Waals surface area (Å²) < 4.78 is 0. The average Bonchev–Trinajstić information content (AvgIpc) is 2.39. The van der Waals surface area contributed by atoms with Crippen LogP contribution in [0.2, 0.25) is 0 Å². The summed E-state index contributed by atoms with van der Waals surface area (Å²) in [5.41, 5.74) is 6.68. The molecular formula is C14H25N3. The van der Waals surface area contributed by atoms with Gasteiger partial charge in [-0.15, -0.1) is 0 Å². The fraction of sp³-hybridized carbons (Fsp3) is 0.643. The van der Waals surface area contributed by atoms with E-state index in [0.29, 0.717) is 6.54 Å². The van der Waals surface area contributed by atoms with Crippen LogP contribution in [-0.4, -0.2) is 18.1 Å². The molecule has 2 N–H and O–H groups in total. The van der Waals surface area contributed by atoms with Gasteiger partial charge in [-0.05, 0) is 24.5 Å². The summed E-state index contributed by atoms with van der Waals surface area (Å²) in [6, 6.07) is 4.17. The van der Waals surface area contributed by atoms with Crippen LogP contribution < -0.4 is 10.6 Å². The predicted molar refractivity (Wildman–Crippen MR) is 74.2 cm³/mol. The highest BCUT2D eigenvalue weighted by atomic mass is 15.2. The molecule has 1 rings (SSSR count). The fourth-order valence-electron chi connectivity index (χ4n) is 1.76. The highest BCUT2D eigenvalue weighted by Crippen LogP contribution is 2.13. The van der Waals surface area contributed by atoms with Gasteiger partial charge >= 0.3 is 0 Å². The fourth-order valence-corrected chi connectivity index (χ4v) is 1.76. The first-order chi connectivity index (χ1) is 8.31. The molecule has 1 heterocycles. The van der Waals surface area contributed by atoms with Crippen molar-refractivity contribution in [3.63, 3.8) is 0 Å². The third-order valence-electron chi connectivity index (χ3n) is 2.93. The zero-order chi connectivity index (χ0) is 12.5. The lowest BCUT2D eigenvalue weighted by Crippen LogP contribution is -2.26. The summed E-state index contributed by atoms with van der Waals surface area (Å²) >= 11 is 0. The first-order valence-electron chi connectivity index (χ1n) is 6.71. The van der Waals surface area contributed by atoms with Crippen LogP contribution >= 0.6 is 0 Å². The van der Waals surface area contributed by atoms with Crippen molar-refractivity contribution in [1.82, 2.24) is 4.98 Å². The van der Waals surface area contributed by atoms with Gasteiger partial charge in [-0.3, -0.25) is 0 Å². The second-order valence-corrected chi connectivity index (χ2v) is 4.42. The minimum absolute atomic E-state index is 0.567. The number of hydrogen-bond donors (Lipinski definition) is 1. The first-order valence-corrected chi connectivity index (χ1v) is 6.71. The second-order valence-electron chi connectivity index (χ2n) is 4.42. The molecule has 0 saturated heterocycles. The summed E-state index contributed by atoms with van der Waals surface area (Å²) in [5, 5.41) is 0.